The van der Waals surface area contributed by atoms with E-state index in [-0.39, 0.29) is 43.1 Å². The highest BCUT2D eigenvalue weighted by molar-refractivity contribution is 5.85. The molecule has 1 fully saturated rings. The molecule has 3 unspecified atom stereocenters. The third kappa shape index (κ3) is 4.99. The van der Waals surface area contributed by atoms with Crippen molar-refractivity contribution in [3.63, 3.8) is 0 Å². The molecule has 5 nitrogen and oxygen atoms in total. The highest BCUT2D eigenvalue weighted by Crippen LogP contribution is 2.33. The molecule has 3 atom stereocenters. The second-order valence-electron chi connectivity index (χ2n) is 7.62. The number of halogens is 2. The van der Waals surface area contributed by atoms with Crippen LogP contribution in [0.4, 0.5) is 4.39 Å². The zero-order chi connectivity index (χ0) is 21.1. The Morgan fingerprint density at radius 1 is 1.19 bits per heavy atom. The molecule has 0 spiro atoms. The van der Waals surface area contributed by atoms with E-state index in [1.54, 1.807) is 19.4 Å². The van der Waals surface area contributed by atoms with Gasteiger partial charge in [-0.2, -0.15) is 0 Å². The predicted octanol–water partition coefficient (Wildman–Crippen LogP) is 5.11. The quantitative estimate of drug-likeness (QED) is 0.527. The smallest absolute Gasteiger partial charge is 0.130 e. The first kappa shape index (κ1) is 23.4. The van der Waals surface area contributed by atoms with E-state index in [2.05, 4.69) is 4.98 Å². The van der Waals surface area contributed by atoms with E-state index in [1.165, 1.54) is 0 Å². The van der Waals surface area contributed by atoms with Gasteiger partial charge in [0.1, 0.15) is 23.8 Å². The molecular weight excluding hydrogens is 419 g/mol. The minimum Gasteiger partial charge on any atom is -0.379 e. The third-order valence-electron chi connectivity index (χ3n) is 5.68. The second kappa shape index (κ2) is 10.4. The van der Waals surface area contributed by atoms with Gasteiger partial charge >= 0.3 is 0 Å². The number of nitrogens with zero attached hydrogens (tertiary/aromatic N) is 2. The first-order valence-electron chi connectivity index (χ1n) is 10.2. The number of benzene rings is 2. The molecule has 1 aromatic heterocycles. The van der Waals surface area contributed by atoms with Crippen LogP contribution in [0.1, 0.15) is 35.0 Å². The summed E-state index contributed by atoms with van der Waals surface area (Å²) in [5, 5.41) is 0. The Kier molecular flexibility index (Phi) is 7.84. The van der Waals surface area contributed by atoms with Gasteiger partial charge in [0.25, 0.3) is 0 Å². The molecule has 0 amide bonds. The van der Waals surface area contributed by atoms with Crippen LogP contribution in [0.3, 0.4) is 0 Å². The molecular formula is C24H28ClFN2O3. The number of ether oxygens (including phenoxy) is 3. The molecule has 2 heterocycles. The first-order valence-corrected chi connectivity index (χ1v) is 10.2. The zero-order valence-corrected chi connectivity index (χ0v) is 18.8. The van der Waals surface area contributed by atoms with E-state index < -0.39 is 0 Å². The lowest BCUT2D eigenvalue weighted by Crippen LogP contribution is -2.42. The fourth-order valence-electron chi connectivity index (χ4n) is 4.06. The van der Waals surface area contributed by atoms with Gasteiger partial charge in [-0.15, -0.1) is 12.4 Å². The number of hydrogen-bond donors (Lipinski definition) is 0. The third-order valence-corrected chi connectivity index (χ3v) is 5.68. The summed E-state index contributed by atoms with van der Waals surface area (Å²) in [6.45, 7) is 4.61. The van der Waals surface area contributed by atoms with Gasteiger partial charge in [0.15, 0.2) is 0 Å². The normalized spacial score (nSPS) is 21.0. The second-order valence-corrected chi connectivity index (χ2v) is 7.62. The standard InChI is InChI=1S/C24H27FN2O3.ClH/c1-16-13-19(20(25)14-21(16)27-11-10-26-17(27)2)15-30-24-22(28-3)9-12-29-23(24)18-7-5-4-6-8-18;/h4-8,10-11,13-14,22-24H,9,12,15H2,1-3H3;1H. The summed E-state index contributed by atoms with van der Waals surface area (Å²) in [6.07, 6.45) is 3.61. The van der Waals surface area contributed by atoms with Crippen LogP contribution >= 0.6 is 12.4 Å². The lowest BCUT2D eigenvalue weighted by Gasteiger charge is -2.37. The van der Waals surface area contributed by atoms with Gasteiger partial charge in [-0.05, 0) is 43.5 Å². The Morgan fingerprint density at radius 3 is 2.65 bits per heavy atom. The van der Waals surface area contributed by atoms with Crippen LogP contribution < -0.4 is 0 Å². The van der Waals surface area contributed by atoms with E-state index in [0.717, 1.165) is 29.1 Å². The number of hydrogen-bond acceptors (Lipinski definition) is 4. The molecule has 2 aromatic carbocycles. The van der Waals surface area contributed by atoms with Crippen molar-refractivity contribution in [2.45, 2.75) is 45.2 Å². The van der Waals surface area contributed by atoms with E-state index in [9.17, 15) is 4.39 Å². The van der Waals surface area contributed by atoms with Crippen molar-refractivity contribution >= 4 is 12.4 Å². The van der Waals surface area contributed by atoms with Crippen LogP contribution in [0.5, 0.6) is 0 Å². The molecule has 0 bridgehead atoms. The summed E-state index contributed by atoms with van der Waals surface area (Å²) in [4.78, 5) is 4.23. The van der Waals surface area contributed by atoms with Gasteiger partial charge in [0, 0.05) is 25.1 Å². The van der Waals surface area contributed by atoms with Crippen LogP contribution in [-0.4, -0.2) is 35.5 Å². The van der Waals surface area contributed by atoms with Crippen LogP contribution in [0.2, 0.25) is 0 Å². The van der Waals surface area contributed by atoms with Crippen molar-refractivity contribution in [2.24, 2.45) is 0 Å². The average Bonchev–Trinajstić information content (AvgIpc) is 3.20. The van der Waals surface area contributed by atoms with Crippen LogP contribution in [0.25, 0.3) is 5.69 Å². The fourth-order valence-corrected chi connectivity index (χ4v) is 4.06. The molecule has 166 valence electrons. The van der Waals surface area contributed by atoms with Gasteiger partial charge in [-0.3, -0.25) is 0 Å². The molecule has 1 aliphatic heterocycles. The maximum absolute atomic E-state index is 14.9. The SMILES string of the molecule is COC1CCOC(c2ccccc2)C1OCc1cc(C)c(-n2ccnc2C)cc1F.Cl. The summed E-state index contributed by atoms with van der Waals surface area (Å²) >= 11 is 0. The van der Waals surface area contributed by atoms with E-state index in [4.69, 9.17) is 14.2 Å². The first-order chi connectivity index (χ1) is 14.6. The van der Waals surface area contributed by atoms with Crippen molar-refractivity contribution in [2.75, 3.05) is 13.7 Å². The molecule has 1 aliphatic rings. The van der Waals surface area contributed by atoms with Crippen molar-refractivity contribution < 1.29 is 18.6 Å². The van der Waals surface area contributed by atoms with Crippen molar-refractivity contribution in [1.29, 1.82) is 0 Å². The molecule has 4 rings (SSSR count). The van der Waals surface area contributed by atoms with Gasteiger partial charge < -0.3 is 18.8 Å². The summed E-state index contributed by atoms with van der Waals surface area (Å²) < 4.78 is 34.7. The summed E-state index contributed by atoms with van der Waals surface area (Å²) in [6, 6.07) is 13.4. The number of rotatable bonds is 6. The highest BCUT2D eigenvalue weighted by Gasteiger charge is 2.36. The lowest BCUT2D eigenvalue weighted by atomic mass is 9.95. The minimum absolute atomic E-state index is 0. The predicted molar refractivity (Wildman–Crippen MR) is 119 cm³/mol. The summed E-state index contributed by atoms with van der Waals surface area (Å²) in [5.41, 5.74) is 3.29. The largest absolute Gasteiger partial charge is 0.379 e. The monoisotopic (exact) mass is 446 g/mol. The molecule has 31 heavy (non-hydrogen) atoms. The van der Waals surface area contributed by atoms with Gasteiger partial charge in [0.05, 0.1) is 25.0 Å². The fraction of sp³-hybridized carbons (Fsp3) is 0.375. The molecule has 0 N–H and O–H groups in total. The maximum Gasteiger partial charge on any atom is 0.130 e. The topological polar surface area (TPSA) is 45.5 Å². The van der Waals surface area contributed by atoms with E-state index in [0.29, 0.717) is 12.2 Å². The molecule has 7 heteroatoms. The van der Waals surface area contributed by atoms with Crippen molar-refractivity contribution in [1.82, 2.24) is 9.55 Å². The summed E-state index contributed by atoms with van der Waals surface area (Å²) in [5.74, 6) is 0.514. The number of aryl methyl sites for hydroxylation is 2. The Hall–Kier alpha value is -2.25. The van der Waals surface area contributed by atoms with Crippen LogP contribution in [0, 0.1) is 19.7 Å². The van der Waals surface area contributed by atoms with Crippen LogP contribution in [-0.2, 0) is 20.8 Å². The minimum atomic E-state index is -0.318. The molecule has 1 saturated heterocycles. The Balaban J connectivity index is 0.00000272. The Morgan fingerprint density at radius 2 is 1.97 bits per heavy atom. The molecule has 3 aromatic rings. The van der Waals surface area contributed by atoms with E-state index in [1.807, 2.05) is 61.0 Å². The highest BCUT2D eigenvalue weighted by atomic mass is 35.5. The summed E-state index contributed by atoms with van der Waals surface area (Å²) in [7, 11) is 1.68. The van der Waals surface area contributed by atoms with Crippen LogP contribution in [0.15, 0.2) is 54.9 Å². The average molecular weight is 447 g/mol. The number of aromatic nitrogens is 2. The van der Waals surface area contributed by atoms with Gasteiger partial charge in [0.2, 0.25) is 0 Å². The Bertz CT molecular complexity index is 996. The number of imidazole rings is 1. The van der Waals surface area contributed by atoms with Crippen molar-refractivity contribution in [3.05, 3.63) is 83.2 Å². The zero-order valence-electron chi connectivity index (χ0n) is 18.0. The molecule has 0 saturated carbocycles. The molecule has 0 aliphatic carbocycles. The van der Waals surface area contributed by atoms with Gasteiger partial charge in [-0.1, -0.05) is 30.3 Å². The lowest BCUT2D eigenvalue weighted by molar-refractivity contribution is -0.175. The van der Waals surface area contributed by atoms with Crippen molar-refractivity contribution in [3.8, 4) is 5.69 Å². The molecule has 0 radical (unpaired) electrons. The maximum atomic E-state index is 14.9. The number of methoxy groups -OCH3 is 1. The van der Waals surface area contributed by atoms with Gasteiger partial charge in [-0.25, -0.2) is 9.37 Å². The van der Waals surface area contributed by atoms with E-state index >= 15 is 0 Å². The Labute approximate surface area is 188 Å².